The molecular formula is C17H18O3. The van der Waals surface area contributed by atoms with Crippen LogP contribution in [0.15, 0.2) is 48.6 Å². The lowest BCUT2D eigenvalue weighted by atomic mass is 10.00. The Balaban J connectivity index is 2.10. The van der Waals surface area contributed by atoms with E-state index in [1.165, 1.54) is 6.08 Å². The van der Waals surface area contributed by atoms with E-state index < -0.39 is 0 Å². The van der Waals surface area contributed by atoms with Crippen LogP contribution >= 0.6 is 0 Å². The number of phenols is 1. The zero-order valence-corrected chi connectivity index (χ0v) is 11.5. The van der Waals surface area contributed by atoms with E-state index in [1.807, 2.05) is 30.3 Å². The first-order chi connectivity index (χ1) is 9.72. The summed E-state index contributed by atoms with van der Waals surface area (Å²) in [4.78, 5) is 11.2. The van der Waals surface area contributed by atoms with Crippen LogP contribution in [-0.4, -0.2) is 17.7 Å². The molecule has 20 heavy (non-hydrogen) atoms. The van der Waals surface area contributed by atoms with E-state index in [-0.39, 0.29) is 5.97 Å². The first-order valence-corrected chi connectivity index (χ1v) is 6.75. The number of phenolic OH excluding ortho intramolecular Hbond substituents is 1. The van der Waals surface area contributed by atoms with Crippen molar-refractivity contribution in [3.05, 3.63) is 54.1 Å². The fraction of sp³-hybridized carbons (Fsp3) is 0.235. The van der Waals surface area contributed by atoms with E-state index >= 15 is 0 Å². The third-order valence-electron chi connectivity index (χ3n) is 3.12. The number of hydrogen-bond acceptors (Lipinski definition) is 3. The zero-order valence-electron chi connectivity index (χ0n) is 11.5. The number of ether oxygens (including phenoxy) is 1. The molecule has 0 aromatic heterocycles. The summed E-state index contributed by atoms with van der Waals surface area (Å²) in [6.07, 6.45) is 4.58. The van der Waals surface area contributed by atoms with Gasteiger partial charge in [0.1, 0.15) is 5.75 Å². The van der Waals surface area contributed by atoms with E-state index in [0.29, 0.717) is 25.2 Å². The van der Waals surface area contributed by atoms with E-state index in [1.54, 1.807) is 19.1 Å². The smallest absolute Gasteiger partial charge is 0.330 e. The molecule has 0 atom stereocenters. The number of rotatable bonds is 5. The standard InChI is InChI=1S/C17H18O3/c1-2-20-17(19)10-6-5-9-15-14-8-4-3-7-13(14)11-12-16(15)18/h3-4,6-8,10-12,18H,2,5,9H2,1H3/b10-6+. The second-order valence-electron chi connectivity index (χ2n) is 4.48. The highest BCUT2D eigenvalue weighted by Gasteiger charge is 2.05. The Hall–Kier alpha value is -2.29. The van der Waals surface area contributed by atoms with Crippen molar-refractivity contribution < 1.29 is 14.6 Å². The molecule has 0 fully saturated rings. The first-order valence-electron chi connectivity index (χ1n) is 6.75. The third kappa shape index (κ3) is 3.38. The van der Waals surface area contributed by atoms with Crippen LogP contribution in [0.3, 0.4) is 0 Å². The zero-order chi connectivity index (χ0) is 14.4. The highest BCUT2D eigenvalue weighted by molar-refractivity contribution is 5.87. The topological polar surface area (TPSA) is 46.5 Å². The lowest BCUT2D eigenvalue weighted by Crippen LogP contribution is -1.98. The van der Waals surface area contributed by atoms with Gasteiger partial charge in [-0.15, -0.1) is 0 Å². The predicted octanol–water partition coefficient (Wildman–Crippen LogP) is 3.60. The maximum Gasteiger partial charge on any atom is 0.330 e. The molecule has 0 spiro atoms. The van der Waals surface area contributed by atoms with Crippen LogP contribution < -0.4 is 0 Å². The highest BCUT2D eigenvalue weighted by Crippen LogP contribution is 2.28. The quantitative estimate of drug-likeness (QED) is 0.667. The summed E-state index contributed by atoms with van der Waals surface area (Å²) in [5.41, 5.74) is 0.914. The van der Waals surface area contributed by atoms with Gasteiger partial charge >= 0.3 is 5.97 Å². The summed E-state index contributed by atoms with van der Waals surface area (Å²) >= 11 is 0. The Morgan fingerprint density at radius 2 is 2.05 bits per heavy atom. The van der Waals surface area contributed by atoms with Crippen molar-refractivity contribution in [3.8, 4) is 5.75 Å². The minimum atomic E-state index is -0.324. The van der Waals surface area contributed by atoms with Gasteiger partial charge in [-0.1, -0.05) is 36.4 Å². The van der Waals surface area contributed by atoms with Crippen LogP contribution in [0.4, 0.5) is 0 Å². The Kier molecular flexibility index (Phi) is 4.77. The second-order valence-corrected chi connectivity index (χ2v) is 4.48. The summed E-state index contributed by atoms with van der Waals surface area (Å²) in [5, 5.41) is 12.1. The molecule has 1 N–H and O–H groups in total. The molecule has 0 heterocycles. The lowest BCUT2D eigenvalue weighted by molar-refractivity contribution is -0.137. The van der Waals surface area contributed by atoms with Crippen LogP contribution in [0.2, 0.25) is 0 Å². The number of carbonyl (C=O) groups is 1. The first kappa shape index (κ1) is 14.1. The van der Waals surface area contributed by atoms with Crippen molar-refractivity contribution in [3.63, 3.8) is 0 Å². The number of benzene rings is 2. The average Bonchev–Trinajstić information content (AvgIpc) is 2.45. The minimum absolute atomic E-state index is 0.299. The van der Waals surface area contributed by atoms with Crippen molar-refractivity contribution in [2.45, 2.75) is 19.8 Å². The third-order valence-corrected chi connectivity index (χ3v) is 3.12. The molecule has 3 nitrogen and oxygen atoms in total. The van der Waals surface area contributed by atoms with Crippen molar-refractivity contribution in [1.82, 2.24) is 0 Å². The molecule has 0 unspecified atom stereocenters. The van der Waals surface area contributed by atoms with Gasteiger partial charge in [0.25, 0.3) is 0 Å². The molecule has 0 saturated carbocycles. The van der Waals surface area contributed by atoms with E-state index in [4.69, 9.17) is 4.74 Å². The molecule has 0 aliphatic carbocycles. The molecule has 0 bridgehead atoms. The fourth-order valence-electron chi connectivity index (χ4n) is 2.18. The fourth-order valence-corrected chi connectivity index (χ4v) is 2.18. The van der Waals surface area contributed by atoms with Gasteiger partial charge in [0.05, 0.1) is 6.61 Å². The van der Waals surface area contributed by atoms with Gasteiger partial charge in [0.15, 0.2) is 0 Å². The molecule has 2 aromatic carbocycles. The van der Waals surface area contributed by atoms with E-state index in [2.05, 4.69) is 0 Å². The second kappa shape index (κ2) is 6.75. The summed E-state index contributed by atoms with van der Waals surface area (Å²) in [7, 11) is 0. The monoisotopic (exact) mass is 270 g/mol. The molecular weight excluding hydrogens is 252 g/mol. The molecule has 0 aliphatic heterocycles. The highest BCUT2D eigenvalue weighted by atomic mass is 16.5. The number of hydrogen-bond donors (Lipinski definition) is 1. The maximum absolute atomic E-state index is 11.2. The maximum atomic E-state index is 11.2. The molecule has 0 radical (unpaired) electrons. The summed E-state index contributed by atoms with van der Waals surface area (Å²) in [6.45, 7) is 2.16. The van der Waals surface area contributed by atoms with Crippen molar-refractivity contribution in [1.29, 1.82) is 0 Å². The van der Waals surface area contributed by atoms with Crippen molar-refractivity contribution in [2.24, 2.45) is 0 Å². The largest absolute Gasteiger partial charge is 0.508 e. The number of aromatic hydroxyl groups is 1. The molecule has 0 amide bonds. The SMILES string of the molecule is CCOC(=O)/C=C/CCc1c(O)ccc2ccccc12. The van der Waals surface area contributed by atoms with E-state index in [9.17, 15) is 9.90 Å². The number of esters is 1. The molecule has 104 valence electrons. The Bertz CT molecular complexity index is 629. The molecule has 2 aromatic rings. The van der Waals surface area contributed by atoms with Gasteiger partial charge in [0, 0.05) is 11.6 Å². The van der Waals surface area contributed by atoms with Gasteiger partial charge < -0.3 is 9.84 Å². The van der Waals surface area contributed by atoms with Crippen LogP contribution in [0.5, 0.6) is 5.75 Å². The van der Waals surface area contributed by atoms with Crippen LogP contribution in [-0.2, 0) is 16.0 Å². The number of carbonyl (C=O) groups excluding carboxylic acids is 1. The number of aryl methyl sites for hydroxylation is 1. The Morgan fingerprint density at radius 1 is 1.25 bits per heavy atom. The summed E-state index contributed by atoms with van der Waals surface area (Å²) < 4.78 is 4.81. The molecule has 0 aliphatic rings. The predicted molar refractivity (Wildman–Crippen MR) is 79.7 cm³/mol. The van der Waals surface area contributed by atoms with Gasteiger partial charge in [-0.05, 0) is 36.6 Å². The van der Waals surface area contributed by atoms with Crippen LogP contribution in [0, 0.1) is 0 Å². The number of fused-ring (bicyclic) bond motifs is 1. The molecule has 2 rings (SSSR count). The van der Waals surface area contributed by atoms with Gasteiger partial charge in [-0.2, -0.15) is 0 Å². The van der Waals surface area contributed by atoms with Crippen molar-refractivity contribution in [2.75, 3.05) is 6.61 Å². The van der Waals surface area contributed by atoms with Crippen LogP contribution in [0.25, 0.3) is 10.8 Å². The minimum Gasteiger partial charge on any atom is -0.508 e. The summed E-state index contributed by atoms with van der Waals surface area (Å²) in [6, 6.07) is 11.6. The normalized spacial score (nSPS) is 11.1. The van der Waals surface area contributed by atoms with E-state index in [0.717, 1.165) is 16.3 Å². The number of allylic oxidation sites excluding steroid dienone is 1. The molecule has 0 saturated heterocycles. The average molecular weight is 270 g/mol. The lowest BCUT2D eigenvalue weighted by Gasteiger charge is -2.07. The van der Waals surface area contributed by atoms with Gasteiger partial charge in [0.2, 0.25) is 0 Å². The van der Waals surface area contributed by atoms with Gasteiger partial charge in [-0.25, -0.2) is 4.79 Å². The van der Waals surface area contributed by atoms with Gasteiger partial charge in [-0.3, -0.25) is 0 Å². The Labute approximate surface area is 118 Å². The van der Waals surface area contributed by atoms with Crippen LogP contribution in [0.1, 0.15) is 18.9 Å². The Morgan fingerprint density at radius 3 is 2.85 bits per heavy atom. The van der Waals surface area contributed by atoms with Crippen molar-refractivity contribution >= 4 is 16.7 Å². The molecule has 3 heteroatoms. The summed E-state index contributed by atoms with van der Waals surface area (Å²) in [5.74, 6) is -0.0251.